The second-order valence-electron chi connectivity index (χ2n) is 6.26. The van der Waals surface area contributed by atoms with Crippen molar-refractivity contribution in [2.45, 2.75) is 6.04 Å². The van der Waals surface area contributed by atoms with Gasteiger partial charge in [0.05, 0.1) is 0 Å². The molecule has 0 spiro atoms. The zero-order chi connectivity index (χ0) is 20.1. The second-order valence-corrected chi connectivity index (χ2v) is 6.70. The van der Waals surface area contributed by atoms with E-state index < -0.39 is 12.1 Å². The number of aromatic nitrogens is 2. The largest absolute Gasteiger partial charge is 0.418 e. The number of rotatable bonds is 5. The molecular formula is C22H17ClN4O2. The minimum Gasteiger partial charge on any atom is -0.418 e. The maximum absolute atomic E-state index is 12.6. The van der Waals surface area contributed by atoms with Crippen LogP contribution in [-0.2, 0) is 0 Å². The Morgan fingerprint density at radius 2 is 1.62 bits per heavy atom. The van der Waals surface area contributed by atoms with Gasteiger partial charge >= 0.3 is 6.03 Å². The van der Waals surface area contributed by atoms with Crippen molar-refractivity contribution < 1.29 is 9.21 Å². The van der Waals surface area contributed by atoms with E-state index in [4.69, 9.17) is 16.0 Å². The van der Waals surface area contributed by atoms with Crippen LogP contribution in [0.5, 0.6) is 0 Å². The van der Waals surface area contributed by atoms with Crippen molar-refractivity contribution in [2.75, 3.05) is 5.32 Å². The Morgan fingerprint density at radius 3 is 2.34 bits per heavy atom. The van der Waals surface area contributed by atoms with Crippen molar-refractivity contribution in [3.05, 3.63) is 101 Å². The van der Waals surface area contributed by atoms with Crippen LogP contribution < -0.4 is 10.6 Å². The fraction of sp³-hybridized carbons (Fsp3) is 0.0455. The number of urea groups is 1. The summed E-state index contributed by atoms with van der Waals surface area (Å²) in [7, 11) is 0. The first-order valence-electron chi connectivity index (χ1n) is 8.96. The molecule has 0 unspecified atom stereocenters. The summed E-state index contributed by atoms with van der Waals surface area (Å²) < 4.78 is 5.87. The van der Waals surface area contributed by atoms with Gasteiger partial charge in [0.25, 0.3) is 0 Å². The van der Waals surface area contributed by atoms with Crippen LogP contribution in [0.3, 0.4) is 0 Å². The van der Waals surface area contributed by atoms with Gasteiger partial charge in [-0.05, 0) is 35.9 Å². The lowest BCUT2D eigenvalue weighted by atomic mass is 10.1. The third-order valence-corrected chi connectivity index (χ3v) is 4.43. The highest BCUT2D eigenvalue weighted by Crippen LogP contribution is 2.25. The molecule has 6 nitrogen and oxygen atoms in total. The van der Waals surface area contributed by atoms with Gasteiger partial charge in [-0.3, -0.25) is 0 Å². The number of nitrogens with zero attached hydrogens (tertiary/aromatic N) is 2. The van der Waals surface area contributed by atoms with Gasteiger partial charge in [0.1, 0.15) is 6.04 Å². The number of hydrogen-bond donors (Lipinski definition) is 2. The topological polar surface area (TPSA) is 80.0 Å². The molecule has 1 heterocycles. The number of hydrogen-bond acceptors (Lipinski definition) is 4. The van der Waals surface area contributed by atoms with Gasteiger partial charge in [0, 0.05) is 16.3 Å². The molecule has 2 amide bonds. The number of halogens is 1. The molecule has 1 atom stereocenters. The summed E-state index contributed by atoms with van der Waals surface area (Å²) in [5.74, 6) is 0.676. The van der Waals surface area contributed by atoms with Crippen LogP contribution in [0, 0.1) is 0 Å². The smallest absolute Gasteiger partial charge is 0.320 e. The van der Waals surface area contributed by atoms with Crippen LogP contribution in [0.4, 0.5) is 10.5 Å². The average Bonchev–Trinajstić information content (AvgIpc) is 3.23. The van der Waals surface area contributed by atoms with E-state index >= 15 is 0 Å². The molecule has 0 fully saturated rings. The molecule has 4 rings (SSSR count). The van der Waals surface area contributed by atoms with Crippen LogP contribution in [-0.4, -0.2) is 16.2 Å². The van der Waals surface area contributed by atoms with Crippen molar-refractivity contribution in [1.29, 1.82) is 0 Å². The first kappa shape index (κ1) is 18.7. The van der Waals surface area contributed by atoms with E-state index in [0.717, 1.165) is 11.1 Å². The van der Waals surface area contributed by atoms with Gasteiger partial charge in [-0.1, -0.05) is 66.2 Å². The quantitative estimate of drug-likeness (QED) is 0.473. The van der Waals surface area contributed by atoms with E-state index in [1.54, 1.807) is 24.3 Å². The maximum Gasteiger partial charge on any atom is 0.320 e. The van der Waals surface area contributed by atoms with Gasteiger partial charge < -0.3 is 15.1 Å². The SMILES string of the molecule is O=C(Nc1cccc(Cl)c1)N[C@H](c1ccccc1)c1nnc(-c2ccccc2)o1. The summed E-state index contributed by atoms with van der Waals surface area (Å²) in [6.45, 7) is 0. The molecular weight excluding hydrogens is 388 g/mol. The lowest BCUT2D eigenvalue weighted by Gasteiger charge is -2.16. The van der Waals surface area contributed by atoms with Crippen molar-refractivity contribution in [1.82, 2.24) is 15.5 Å². The van der Waals surface area contributed by atoms with Gasteiger partial charge in [-0.15, -0.1) is 10.2 Å². The Balaban J connectivity index is 1.59. The monoisotopic (exact) mass is 404 g/mol. The zero-order valence-corrected chi connectivity index (χ0v) is 16.0. The summed E-state index contributed by atoms with van der Waals surface area (Å²) in [6, 6.07) is 24.8. The van der Waals surface area contributed by atoms with E-state index in [1.165, 1.54) is 0 Å². The molecule has 0 bridgehead atoms. The third-order valence-electron chi connectivity index (χ3n) is 4.20. The molecule has 2 N–H and O–H groups in total. The highest BCUT2D eigenvalue weighted by Gasteiger charge is 2.23. The molecule has 0 aliphatic rings. The number of nitrogens with one attached hydrogen (secondary N) is 2. The first-order valence-corrected chi connectivity index (χ1v) is 9.34. The average molecular weight is 405 g/mol. The number of carbonyl (C=O) groups is 1. The molecule has 1 aromatic heterocycles. The standard InChI is InChI=1S/C22H17ClN4O2/c23-17-12-7-13-18(14-17)24-22(28)25-19(15-8-3-1-4-9-15)21-27-26-20(29-21)16-10-5-2-6-11-16/h1-14,19H,(H2,24,25,28)/t19-/m1/s1. The number of anilines is 1. The number of benzene rings is 3. The molecule has 144 valence electrons. The van der Waals surface area contributed by atoms with Crippen LogP contribution in [0.25, 0.3) is 11.5 Å². The Bertz CT molecular complexity index is 1100. The molecule has 0 aliphatic carbocycles. The summed E-state index contributed by atoms with van der Waals surface area (Å²) in [4.78, 5) is 12.6. The van der Waals surface area contributed by atoms with Crippen LogP contribution in [0.1, 0.15) is 17.5 Å². The Hall–Kier alpha value is -3.64. The van der Waals surface area contributed by atoms with Crippen molar-refractivity contribution in [2.24, 2.45) is 0 Å². The van der Waals surface area contributed by atoms with E-state index in [2.05, 4.69) is 20.8 Å². The van der Waals surface area contributed by atoms with Gasteiger partial charge in [0.2, 0.25) is 11.8 Å². The third kappa shape index (κ3) is 4.62. The lowest BCUT2D eigenvalue weighted by Crippen LogP contribution is -2.33. The predicted octanol–water partition coefficient (Wildman–Crippen LogP) is 5.30. The fourth-order valence-electron chi connectivity index (χ4n) is 2.85. The molecule has 4 aromatic rings. The Morgan fingerprint density at radius 1 is 0.897 bits per heavy atom. The molecule has 0 saturated carbocycles. The summed E-state index contributed by atoms with van der Waals surface area (Å²) >= 11 is 5.98. The van der Waals surface area contributed by atoms with Crippen LogP contribution in [0.15, 0.2) is 89.3 Å². The summed E-state index contributed by atoms with van der Waals surface area (Å²) in [5, 5.41) is 14.5. The van der Waals surface area contributed by atoms with E-state index in [0.29, 0.717) is 16.6 Å². The maximum atomic E-state index is 12.6. The highest BCUT2D eigenvalue weighted by molar-refractivity contribution is 6.30. The van der Waals surface area contributed by atoms with Gasteiger partial charge in [-0.25, -0.2) is 4.79 Å². The minimum absolute atomic E-state index is 0.288. The highest BCUT2D eigenvalue weighted by atomic mass is 35.5. The molecule has 0 saturated heterocycles. The van der Waals surface area contributed by atoms with Crippen LogP contribution >= 0.6 is 11.6 Å². The molecule has 3 aromatic carbocycles. The molecule has 7 heteroatoms. The van der Waals surface area contributed by atoms with Crippen molar-refractivity contribution >= 4 is 23.3 Å². The molecule has 0 aliphatic heterocycles. The number of amides is 2. The predicted molar refractivity (Wildman–Crippen MR) is 112 cm³/mol. The number of carbonyl (C=O) groups excluding carboxylic acids is 1. The van der Waals surface area contributed by atoms with Crippen LogP contribution in [0.2, 0.25) is 5.02 Å². The molecule has 29 heavy (non-hydrogen) atoms. The van der Waals surface area contributed by atoms with Gasteiger partial charge in [-0.2, -0.15) is 0 Å². The summed E-state index contributed by atoms with van der Waals surface area (Å²) in [5.41, 5.74) is 2.20. The van der Waals surface area contributed by atoms with E-state index in [-0.39, 0.29) is 5.89 Å². The van der Waals surface area contributed by atoms with Crippen molar-refractivity contribution in [3.63, 3.8) is 0 Å². The minimum atomic E-state index is -0.611. The Labute approximate surface area is 172 Å². The van der Waals surface area contributed by atoms with E-state index in [1.807, 2.05) is 60.7 Å². The first-order chi connectivity index (χ1) is 14.2. The second kappa shape index (κ2) is 8.58. The van der Waals surface area contributed by atoms with Gasteiger partial charge in [0.15, 0.2) is 0 Å². The Kier molecular flexibility index (Phi) is 5.54. The summed E-state index contributed by atoms with van der Waals surface area (Å²) in [6.07, 6.45) is 0. The lowest BCUT2D eigenvalue weighted by molar-refractivity contribution is 0.248. The molecule has 0 radical (unpaired) electrons. The fourth-order valence-corrected chi connectivity index (χ4v) is 3.04. The van der Waals surface area contributed by atoms with Crippen molar-refractivity contribution in [3.8, 4) is 11.5 Å². The zero-order valence-electron chi connectivity index (χ0n) is 15.2. The normalized spacial score (nSPS) is 11.6. The van der Waals surface area contributed by atoms with E-state index in [9.17, 15) is 4.79 Å².